The molecule has 0 fully saturated rings. The van der Waals surface area contributed by atoms with Gasteiger partial charge in [0.2, 0.25) is 0 Å². The van der Waals surface area contributed by atoms with Gasteiger partial charge < -0.3 is 5.11 Å². The molecule has 1 aliphatic carbocycles. The summed E-state index contributed by atoms with van der Waals surface area (Å²) >= 11 is 0. The van der Waals surface area contributed by atoms with Crippen LogP contribution in [0.2, 0.25) is 0 Å². The molecule has 0 aromatic rings. The van der Waals surface area contributed by atoms with Gasteiger partial charge in [-0.1, -0.05) is 24.8 Å². The summed E-state index contributed by atoms with van der Waals surface area (Å²) in [6.45, 7) is 3.75. The first-order valence-electron chi connectivity index (χ1n) is 3.87. The summed E-state index contributed by atoms with van der Waals surface area (Å²) in [4.78, 5) is 0. The van der Waals surface area contributed by atoms with Gasteiger partial charge in [0, 0.05) is 6.42 Å². The fraction of sp³-hybridized carbons (Fsp3) is 0.300. The zero-order valence-electron chi connectivity index (χ0n) is 6.83. The Hall–Kier alpha value is -1.33. The van der Waals surface area contributed by atoms with Crippen molar-refractivity contribution in [2.24, 2.45) is 0 Å². The molecule has 2 nitrogen and oxygen atoms in total. The van der Waals surface area contributed by atoms with Gasteiger partial charge in [0.25, 0.3) is 0 Å². The highest BCUT2D eigenvalue weighted by atomic mass is 16.3. The lowest BCUT2D eigenvalue weighted by Crippen LogP contribution is -2.10. The van der Waals surface area contributed by atoms with Crippen molar-refractivity contribution in [2.45, 2.75) is 18.9 Å². The number of nitriles is 1. The molecular formula is C10H11NO. The molecule has 1 rings (SSSR count). The molecule has 0 aromatic heterocycles. The van der Waals surface area contributed by atoms with Crippen LogP contribution in [0.4, 0.5) is 0 Å². The van der Waals surface area contributed by atoms with Crippen LogP contribution in [0.15, 0.2) is 36.0 Å². The first-order chi connectivity index (χ1) is 5.75. The summed E-state index contributed by atoms with van der Waals surface area (Å²) in [6.07, 6.45) is 5.96. The minimum atomic E-state index is -0.566. The summed E-state index contributed by atoms with van der Waals surface area (Å²) in [5.74, 6) is 0. The number of aliphatic hydroxyl groups is 1. The molecule has 2 heteroatoms. The van der Waals surface area contributed by atoms with E-state index in [4.69, 9.17) is 5.26 Å². The highest BCUT2D eigenvalue weighted by molar-refractivity contribution is 5.41. The topological polar surface area (TPSA) is 44.0 Å². The molecular weight excluding hydrogens is 150 g/mol. The smallest absolute Gasteiger partial charge is 0.0971 e. The normalized spacial score (nSPS) is 21.8. The molecule has 1 atom stereocenters. The predicted molar refractivity (Wildman–Crippen MR) is 47.2 cm³/mol. The molecule has 1 N–H and O–H groups in total. The summed E-state index contributed by atoms with van der Waals surface area (Å²) < 4.78 is 0. The molecule has 0 aromatic carbocycles. The largest absolute Gasteiger partial charge is 0.384 e. The van der Waals surface area contributed by atoms with Gasteiger partial charge in [-0.25, -0.2) is 0 Å². The average Bonchev–Trinajstić information content (AvgIpc) is 2.08. The number of aliphatic hydroxyl groups excluding tert-OH is 1. The van der Waals surface area contributed by atoms with E-state index in [2.05, 4.69) is 12.6 Å². The number of hydrogen-bond acceptors (Lipinski definition) is 2. The van der Waals surface area contributed by atoms with Crippen molar-refractivity contribution in [1.29, 1.82) is 5.26 Å². The van der Waals surface area contributed by atoms with Gasteiger partial charge in [-0.2, -0.15) is 5.26 Å². The molecule has 0 aliphatic heterocycles. The standard InChI is InChI=1S/C10H11NO/c1-8-9(5-3-7-11)4-2-6-10(8)12/h2,4,6,10,12H,1,3,5H2. The van der Waals surface area contributed by atoms with Gasteiger partial charge in [0.1, 0.15) is 0 Å². The van der Waals surface area contributed by atoms with E-state index in [0.717, 1.165) is 5.57 Å². The van der Waals surface area contributed by atoms with Crippen LogP contribution in [0.25, 0.3) is 0 Å². The van der Waals surface area contributed by atoms with Crippen molar-refractivity contribution in [3.63, 3.8) is 0 Å². The minimum Gasteiger partial charge on any atom is -0.384 e. The summed E-state index contributed by atoms with van der Waals surface area (Å²) in [7, 11) is 0. The van der Waals surface area contributed by atoms with Crippen LogP contribution < -0.4 is 0 Å². The molecule has 62 valence electrons. The molecule has 12 heavy (non-hydrogen) atoms. The van der Waals surface area contributed by atoms with Crippen LogP contribution in [-0.4, -0.2) is 11.2 Å². The molecule has 0 bridgehead atoms. The van der Waals surface area contributed by atoms with E-state index in [1.807, 2.05) is 6.08 Å². The van der Waals surface area contributed by atoms with Gasteiger partial charge in [-0.15, -0.1) is 0 Å². The lowest BCUT2D eigenvalue weighted by molar-refractivity contribution is 0.260. The maximum Gasteiger partial charge on any atom is 0.0971 e. The zero-order chi connectivity index (χ0) is 8.97. The van der Waals surface area contributed by atoms with Gasteiger partial charge >= 0.3 is 0 Å². The van der Waals surface area contributed by atoms with Crippen molar-refractivity contribution in [3.8, 4) is 6.07 Å². The molecule has 0 spiro atoms. The number of hydrogen-bond donors (Lipinski definition) is 1. The Morgan fingerprint density at radius 3 is 3.08 bits per heavy atom. The van der Waals surface area contributed by atoms with Crippen LogP contribution >= 0.6 is 0 Å². The van der Waals surface area contributed by atoms with Crippen LogP contribution in [0.1, 0.15) is 12.8 Å². The molecule has 1 aliphatic rings. The van der Waals surface area contributed by atoms with E-state index in [1.165, 1.54) is 0 Å². The maximum absolute atomic E-state index is 9.34. The van der Waals surface area contributed by atoms with Gasteiger partial charge in [-0.05, 0) is 17.6 Å². The van der Waals surface area contributed by atoms with Gasteiger partial charge in [0.05, 0.1) is 12.2 Å². The van der Waals surface area contributed by atoms with Crippen LogP contribution in [0.5, 0.6) is 0 Å². The van der Waals surface area contributed by atoms with E-state index >= 15 is 0 Å². The fourth-order valence-electron chi connectivity index (χ4n) is 1.12. The number of allylic oxidation sites excluding steroid dienone is 2. The Balaban J connectivity index is 2.64. The molecule has 0 amide bonds. The maximum atomic E-state index is 9.34. The summed E-state index contributed by atoms with van der Waals surface area (Å²) in [5, 5.41) is 17.7. The highest BCUT2D eigenvalue weighted by Gasteiger charge is 2.12. The molecule has 0 saturated carbocycles. The first kappa shape index (κ1) is 8.76. The second-order valence-electron chi connectivity index (χ2n) is 2.70. The van der Waals surface area contributed by atoms with Crippen LogP contribution in [0.3, 0.4) is 0 Å². The first-order valence-corrected chi connectivity index (χ1v) is 3.87. The molecule has 0 heterocycles. The quantitative estimate of drug-likeness (QED) is 0.670. The lowest BCUT2D eigenvalue weighted by atomic mass is 9.94. The second-order valence-corrected chi connectivity index (χ2v) is 2.70. The average molecular weight is 161 g/mol. The predicted octanol–water partition coefficient (Wildman–Crippen LogP) is 1.70. The third-order valence-corrected chi connectivity index (χ3v) is 1.87. The third-order valence-electron chi connectivity index (χ3n) is 1.87. The fourth-order valence-corrected chi connectivity index (χ4v) is 1.12. The Bertz CT molecular complexity index is 281. The van der Waals surface area contributed by atoms with Gasteiger partial charge in [-0.3, -0.25) is 0 Å². The van der Waals surface area contributed by atoms with E-state index in [0.29, 0.717) is 18.4 Å². The Morgan fingerprint density at radius 1 is 1.67 bits per heavy atom. The Labute approximate surface area is 72.1 Å². The molecule has 0 radical (unpaired) electrons. The van der Waals surface area contributed by atoms with Crippen LogP contribution in [-0.2, 0) is 0 Å². The van der Waals surface area contributed by atoms with E-state index in [-0.39, 0.29) is 0 Å². The zero-order valence-corrected chi connectivity index (χ0v) is 6.83. The Morgan fingerprint density at radius 2 is 2.42 bits per heavy atom. The van der Waals surface area contributed by atoms with Crippen molar-refractivity contribution in [1.82, 2.24) is 0 Å². The van der Waals surface area contributed by atoms with E-state index in [9.17, 15) is 5.11 Å². The van der Waals surface area contributed by atoms with E-state index < -0.39 is 6.10 Å². The van der Waals surface area contributed by atoms with Crippen molar-refractivity contribution in [2.75, 3.05) is 0 Å². The SMILES string of the molecule is C=C1C(CCC#N)=CC=CC1O. The summed E-state index contributed by atoms with van der Waals surface area (Å²) in [6, 6.07) is 2.06. The monoisotopic (exact) mass is 161 g/mol. The van der Waals surface area contributed by atoms with E-state index in [1.54, 1.807) is 12.2 Å². The second kappa shape index (κ2) is 3.89. The lowest BCUT2D eigenvalue weighted by Gasteiger charge is -2.15. The molecule has 1 unspecified atom stereocenters. The summed E-state index contributed by atoms with van der Waals surface area (Å²) in [5.41, 5.74) is 1.69. The number of rotatable bonds is 2. The van der Waals surface area contributed by atoms with Crippen molar-refractivity contribution in [3.05, 3.63) is 36.0 Å². The van der Waals surface area contributed by atoms with Crippen molar-refractivity contribution >= 4 is 0 Å². The highest BCUT2D eigenvalue weighted by Crippen LogP contribution is 2.21. The molecule has 0 saturated heterocycles. The number of nitrogens with zero attached hydrogens (tertiary/aromatic N) is 1. The third kappa shape index (κ3) is 1.84. The minimum absolute atomic E-state index is 0.478. The Kier molecular flexibility index (Phi) is 2.84. The van der Waals surface area contributed by atoms with Crippen molar-refractivity contribution < 1.29 is 5.11 Å². The van der Waals surface area contributed by atoms with Gasteiger partial charge in [0.15, 0.2) is 0 Å². The van der Waals surface area contributed by atoms with Crippen LogP contribution in [0, 0.1) is 11.3 Å².